The van der Waals surface area contributed by atoms with Crippen molar-refractivity contribution in [3.05, 3.63) is 57.0 Å². The second kappa shape index (κ2) is 6.50. The Balaban J connectivity index is 2.23. The molecule has 21 heavy (non-hydrogen) atoms. The molecule has 0 radical (unpaired) electrons. The number of rotatable bonds is 3. The van der Waals surface area contributed by atoms with Crippen LogP contribution in [0, 0.1) is 6.92 Å². The Hall–Kier alpha value is -1.52. The van der Waals surface area contributed by atoms with Gasteiger partial charge in [0.05, 0.1) is 5.56 Å². The van der Waals surface area contributed by atoms with E-state index in [9.17, 15) is 4.79 Å². The van der Waals surface area contributed by atoms with Crippen molar-refractivity contribution in [3.8, 4) is 0 Å². The Morgan fingerprint density at radius 2 is 1.90 bits per heavy atom. The second-order valence-electron chi connectivity index (χ2n) is 4.97. The average molecular weight is 368 g/mol. The third kappa shape index (κ3) is 3.77. The van der Waals surface area contributed by atoms with Gasteiger partial charge in [-0.1, -0.05) is 11.6 Å². The fourth-order valence-corrected chi connectivity index (χ4v) is 2.79. The number of anilines is 2. The van der Waals surface area contributed by atoms with E-state index in [1.54, 1.807) is 18.2 Å². The summed E-state index contributed by atoms with van der Waals surface area (Å²) in [6.07, 6.45) is 0. The molecule has 0 unspecified atom stereocenters. The van der Waals surface area contributed by atoms with Gasteiger partial charge in [0.15, 0.2) is 0 Å². The number of hydrogen-bond acceptors (Lipinski definition) is 2. The van der Waals surface area contributed by atoms with Crippen LogP contribution in [0.2, 0.25) is 5.02 Å². The van der Waals surface area contributed by atoms with Gasteiger partial charge in [0, 0.05) is 35.0 Å². The first-order valence-electron chi connectivity index (χ1n) is 6.43. The topological polar surface area (TPSA) is 32.3 Å². The predicted molar refractivity (Wildman–Crippen MR) is 92.6 cm³/mol. The third-order valence-electron chi connectivity index (χ3n) is 3.15. The minimum atomic E-state index is -0.167. The lowest BCUT2D eigenvalue weighted by Crippen LogP contribution is -2.14. The van der Waals surface area contributed by atoms with E-state index >= 15 is 0 Å². The number of aryl methyl sites for hydroxylation is 1. The van der Waals surface area contributed by atoms with Crippen LogP contribution in [0.3, 0.4) is 0 Å². The summed E-state index contributed by atoms with van der Waals surface area (Å²) in [7, 11) is 3.97. The van der Waals surface area contributed by atoms with Gasteiger partial charge in [-0.3, -0.25) is 4.79 Å². The Morgan fingerprint density at radius 1 is 1.19 bits per heavy atom. The molecule has 0 bridgehead atoms. The highest BCUT2D eigenvalue weighted by molar-refractivity contribution is 9.10. The number of nitrogens with zero attached hydrogens (tertiary/aromatic N) is 1. The fourth-order valence-electron chi connectivity index (χ4n) is 1.93. The lowest BCUT2D eigenvalue weighted by Gasteiger charge is -2.15. The first-order valence-corrected chi connectivity index (χ1v) is 7.60. The fraction of sp³-hybridized carbons (Fsp3) is 0.188. The molecular weight excluding hydrogens is 352 g/mol. The lowest BCUT2D eigenvalue weighted by atomic mass is 10.1. The number of carbonyl (C=O) groups excluding carboxylic acids is 1. The summed E-state index contributed by atoms with van der Waals surface area (Å²) < 4.78 is 0.676. The molecule has 0 spiro atoms. The molecule has 0 saturated carbocycles. The molecule has 2 aromatic carbocycles. The largest absolute Gasteiger partial charge is 0.378 e. The van der Waals surface area contributed by atoms with Gasteiger partial charge in [-0.15, -0.1) is 0 Å². The van der Waals surface area contributed by atoms with Crippen molar-refractivity contribution in [1.82, 2.24) is 0 Å². The minimum Gasteiger partial charge on any atom is -0.378 e. The molecule has 0 aliphatic rings. The number of hydrogen-bond donors (Lipinski definition) is 1. The molecule has 1 amide bonds. The van der Waals surface area contributed by atoms with Crippen molar-refractivity contribution in [1.29, 1.82) is 0 Å². The van der Waals surface area contributed by atoms with Crippen LogP contribution in [0.25, 0.3) is 0 Å². The molecule has 110 valence electrons. The molecule has 0 aliphatic heterocycles. The quantitative estimate of drug-likeness (QED) is 0.850. The maximum atomic E-state index is 12.3. The summed E-state index contributed by atoms with van der Waals surface area (Å²) >= 11 is 9.25. The number of halogens is 2. The summed E-state index contributed by atoms with van der Waals surface area (Å²) in [5.41, 5.74) is 3.46. The zero-order valence-corrected chi connectivity index (χ0v) is 14.4. The maximum absolute atomic E-state index is 12.3. The lowest BCUT2D eigenvalue weighted by molar-refractivity contribution is 0.102. The van der Waals surface area contributed by atoms with Crippen LogP contribution in [0.15, 0.2) is 40.9 Å². The average Bonchev–Trinajstić information content (AvgIpc) is 2.40. The molecule has 0 aromatic heterocycles. The van der Waals surface area contributed by atoms with Crippen molar-refractivity contribution >= 4 is 44.8 Å². The Kier molecular flexibility index (Phi) is 4.91. The van der Waals surface area contributed by atoms with Crippen LogP contribution in [-0.4, -0.2) is 20.0 Å². The van der Waals surface area contributed by atoms with Gasteiger partial charge in [0.1, 0.15) is 0 Å². The molecule has 0 atom stereocenters. The van der Waals surface area contributed by atoms with E-state index in [2.05, 4.69) is 21.2 Å². The molecular formula is C16H16BrClN2O. The van der Waals surface area contributed by atoms with E-state index in [1.165, 1.54) is 0 Å². The van der Waals surface area contributed by atoms with Gasteiger partial charge in [0.25, 0.3) is 5.91 Å². The zero-order chi connectivity index (χ0) is 15.6. The monoisotopic (exact) mass is 366 g/mol. The van der Waals surface area contributed by atoms with E-state index in [4.69, 9.17) is 11.6 Å². The molecule has 1 N–H and O–H groups in total. The second-order valence-corrected chi connectivity index (χ2v) is 6.26. The van der Waals surface area contributed by atoms with Crippen LogP contribution in [0.5, 0.6) is 0 Å². The van der Waals surface area contributed by atoms with Crippen molar-refractivity contribution in [3.63, 3.8) is 0 Å². The van der Waals surface area contributed by atoms with E-state index < -0.39 is 0 Å². The first-order chi connectivity index (χ1) is 9.88. The number of benzene rings is 2. The molecule has 5 heteroatoms. The summed E-state index contributed by atoms with van der Waals surface area (Å²) in [5.74, 6) is -0.167. The summed E-state index contributed by atoms with van der Waals surface area (Å²) in [5, 5.41) is 3.51. The molecule has 2 rings (SSSR count). The van der Waals surface area contributed by atoms with Crippen LogP contribution in [-0.2, 0) is 0 Å². The van der Waals surface area contributed by atoms with Crippen LogP contribution in [0.1, 0.15) is 15.9 Å². The summed E-state index contributed by atoms with van der Waals surface area (Å²) in [6, 6.07) is 11.0. The first kappa shape index (κ1) is 15.9. The summed E-state index contributed by atoms with van der Waals surface area (Å²) in [6.45, 7) is 1.97. The van der Waals surface area contributed by atoms with Gasteiger partial charge >= 0.3 is 0 Å². The zero-order valence-electron chi connectivity index (χ0n) is 12.1. The Bertz CT molecular complexity index is 686. The van der Waals surface area contributed by atoms with Crippen molar-refractivity contribution in [2.24, 2.45) is 0 Å². The molecule has 0 aliphatic carbocycles. The predicted octanol–water partition coefficient (Wildman–Crippen LogP) is 4.73. The number of amides is 1. The summed E-state index contributed by atoms with van der Waals surface area (Å²) in [4.78, 5) is 14.3. The molecule has 0 fully saturated rings. The van der Waals surface area contributed by atoms with E-state index in [0.717, 1.165) is 16.9 Å². The van der Waals surface area contributed by atoms with Gasteiger partial charge in [-0.2, -0.15) is 0 Å². The van der Waals surface area contributed by atoms with Gasteiger partial charge < -0.3 is 10.2 Å². The Morgan fingerprint density at radius 3 is 2.48 bits per heavy atom. The highest BCUT2D eigenvalue weighted by Crippen LogP contribution is 2.25. The maximum Gasteiger partial charge on any atom is 0.256 e. The van der Waals surface area contributed by atoms with Crippen molar-refractivity contribution in [2.75, 3.05) is 24.3 Å². The number of nitrogens with one attached hydrogen (secondary N) is 1. The highest BCUT2D eigenvalue weighted by atomic mass is 79.9. The van der Waals surface area contributed by atoms with Gasteiger partial charge in [-0.25, -0.2) is 0 Å². The van der Waals surface area contributed by atoms with Crippen molar-refractivity contribution in [2.45, 2.75) is 6.92 Å². The SMILES string of the molecule is Cc1cc(N(C)C)ccc1NC(=O)c1ccc(Cl)cc1Br. The molecule has 0 saturated heterocycles. The van der Waals surface area contributed by atoms with E-state index in [1.807, 2.05) is 44.1 Å². The number of carbonyl (C=O) groups is 1. The van der Waals surface area contributed by atoms with Crippen LogP contribution in [0.4, 0.5) is 11.4 Å². The van der Waals surface area contributed by atoms with E-state index in [-0.39, 0.29) is 5.91 Å². The van der Waals surface area contributed by atoms with Crippen LogP contribution < -0.4 is 10.2 Å². The van der Waals surface area contributed by atoms with Crippen molar-refractivity contribution < 1.29 is 4.79 Å². The third-order valence-corrected chi connectivity index (χ3v) is 4.04. The van der Waals surface area contributed by atoms with Gasteiger partial charge in [-0.05, 0) is 64.8 Å². The standard InChI is InChI=1S/C16H16BrClN2O/c1-10-8-12(20(2)3)5-7-15(10)19-16(21)13-6-4-11(18)9-14(13)17/h4-9H,1-3H3,(H,19,21). The van der Waals surface area contributed by atoms with E-state index in [0.29, 0.717) is 15.1 Å². The highest BCUT2D eigenvalue weighted by Gasteiger charge is 2.12. The molecule has 0 heterocycles. The normalized spacial score (nSPS) is 10.3. The smallest absolute Gasteiger partial charge is 0.256 e. The molecule has 3 nitrogen and oxygen atoms in total. The van der Waals surface area contributed by atoms with Crippen LogP contribution >= 0.6 is 27.5 Å². The van der Waals surface area contributed by atoms with Gasteiger partial charge in [0.2, 0.25) is 0 Å². The molecule has 2 aromatic rings. The minimum absolute atomic E-state index is 0.167. The Labute approximate surface area is 138 Å².